The normalized spacial score (nSPS) is 23.5. The Hall–Kier alpha value is -1.26. The van der Waals surface area contributed by atoms with E-state index in [0.29, 0.717) is 22.0 Å². The third kappa shape index (κ3) is 2.87. The molecule has 0 aliphatic heterocycles. The van der Waals surface area contributed by atoms with Gasteiger partial charge in [-0.2, -0.15) is 0 Å². The molecule has 1 fully saturated rings. The van der Waals surface area contributed by atoms with Gasteiger partial charge in [0.1, 0.15) is 5.41 Å². The molecule has 0 aromatic heterocycles. The van der Waals surface area contributed by atoms with Crippen LogP contribution in [-0.2, 0) is 24.5 Å². The molecule has 1 aliphatic carbocycles. The molecule has 21 heavy (non-hydrogen) atoms. The van der Waals surface area contributed by atoms with Crippen molar-refractivity contribution in [2.75, 3.05) is 13.2 Å². The van der Waals surface area contributed by atoms with Crippen LogP contribution in [0.4, 0.5) is 0 Å². The van der Waals surface area contributed by atoms with Crippen molar-refractivity contribution in [2.24, 2.45) is 5.92 Å². The highest BCUT2D eigenvalue weighted by Crippen LogP contribution is 2.56. The second-order valence-electron chi connectivity index (χ2n) is 4.83. The number of halogens is 2. The fourth-order valence-electron chi connectivity index (χ4n) is 2.49. The summed E-state index contributed by atoms with van der Waals surface area (Å²) in [5.41, 5.74) is -0.371. The molecule has 114 valence electrons. The summed E-state index contributed by atoms with van der Waals surface area (Å²) in [6, 6.07) is 4.92. The molecule has 2 rings (SSSR count). The second kappa shape index (κ2) is 6.24. The lowest BCUT2D eigenvalue weighted by Crippen LogP contribution is -2.28. The molecule has 2 atom stereocenters. The van der Waals surface area contributed by atoms with E-state index in [9.17, 15) is 9.59 Å². The van der Waals surface area contributed by atoms with E-state index in [0.717, 1.165) is 0 Å². The van der Waals surface area contributed by atoms with Gasteiger partial charge < -0.3 is 9.47 Å². The largest absolute Gasteiger partial charge is 0.466 e. The molecule has 0 heterocycles. The Labute approximate surface area is 133 Å². The lowest BCUT2D eigenvalue weighted by molar-refractivity contribution is -0.152. The summed E-state index contributed by atoms with van der Waals surface area (Å²) >= 11 is 11.9. The summed E-state index contributed by atoms with van der Waals surface area (Å²) in [6.45, 7) is 3.97. The minimum atomic E-state index is -1.00. The Morgan fingerprint density at radius 2 is 1.86 bits per heavy atom. The zero-order valence-corrected chi connectivity index (χ0v) is 13.3. The van der Waals surface area contributed by atoms with E-state index in [-0.39, 0.29) is 13.2 Å². The van der Waals surface area contributed by atoms with Crippen LogP contribution >= 0.6 is 23.2 Å². The van der Waals surface area contributed by atoms with Crippen LogP contribution in [0.2, 0.25) is 10.0 Å². The van der Waals surface area contributed by atoms with Gasteiger partial charge in [-0.3, -0.25) is 9.59 Å². The van der Waals surface area contributed by atoms with Crippen LogP contribution in [0.25, 0.3) is 0 Å². The summed E-state index contributed by atoms with van der Waals surface area (Å²) in [5, 5.41) is 0.736. The molecule has 0 N–H and O–H groups in total. The molecular formula is C15H16Cl2O4. The number of benzene rings is 1. The fourth-order valence-corrected chi connectivity index (χ4v) is 2.78. The van der Waals surface area contributed by atoms with E-state index in [2.05, 4.69) is 0 Å². The van der Waals surface area contributed by atoms with Gasteiger partial charge in [0.2, 0.25) is 0 Å². The van der Waals surface area contributed by atoms with E-state index >= 15 is 0 Å². The van der Waals surface area contributed by atoms with Gasteiger partial charge in [0, 0.05) is 0 Å². The molecule has 4 nitrogen and oxygen atoms in total. The summed E-state index contributed by atoms with van der Waals surface area (Å²) in [6.07, 6.45) is 0.364. The molecule has 0 saturated heterocycles. The maximum absolute atomic E-state index is 12.3. The van der Waals surface area contributed by atoms with Crippen molar-refractivity contribution in [1.29, 1.82) is 0 Å². The lowest BCUT2D eigenvalue weighted by Gasteiger charge is -2.16. The molecule has 2 unspecified atom stereocenters. The summed E-state index contributed by atoms with van der Waals surface area (Å²) < 4.78 is 10.1. The van der Waals surface area contributed by atoms with Gasteiger partial charge in [-0.15, -0.1) is 0 Å². The van der Waals surface area contributed by atoms with Crippen LogP contribution in [0.3, 0.4) is 0 Å². The SMILES string of the molecule is CCOC(=O)C1CC1(C(=O)OCC)c1ccc(Cl)c(Cl)c1. The van der Waals surface area contributed by atoms with Crippen molar-refractivity contribution in [2.45, 2.75) is 25.7 Å². The van der Waals surface area contributed by atoms with Crippen LogP contribution < -0.4 is 0 Å². The first kappa shape index (κ1) is 16.1. The molecule has 0 spiro atoms. The average molecular weight is 331 g/mol. The summed E-state index contributed by atoms with van der Waals surface area (Å²) in [4.78, 5) is 24.3. The molecule has 1 saturated carbocycles. The molecule has 1 aromatic carbocycles. The molecule has 0 amide bonds. The Morgan fingerprint density at radius 1 is 1.19 bits per heavy atom. The number of carbonyl (C=O) groups excluding carboxylic acids is 2. The number of hydrogen-bond donors (Lipinski definition) is 0. The van der Waals surface area contributed by atoms with Gasteiger partial charge in [-0.1, -0.05) is 29.3 Å². The number of ether oxygens (including phenoxy) is 2. The minimum Gasteiger partial charge on any atom is -0.466 e. The van der Waals surface area contributed by atoms with Gasteiger partial charge >= 0.3 is 11.9 Å². The van der Waals surface area contributed by atoms with Crippen molar-refractivity contribution in [1.82, 2.24) is 0 Å². The standard InChI is InChI=1S/C15H16Cl2O4/c1-3-20-13(18)10-8-15(10,14(19)21-4-2)9-5-6-11(16)12(17)7-9/h5-7,10H,3-4,8H2,1-2H3. The van der Waals surface area contributed by atoms with E-state index < -0.39 is 23.3 Å². The van der Waals surface area contributed by atoms with Crippen LogP contribution in [-0.4, -0.2) is 25.2 Å². The second-order valence-corrected chi connectivity index (χ2v) is 5.64. The number of carbonyl (C=O) groups is 2. The molecule has 0 bridgehead atoms. The number of hydrogen-bond acceptors (Lipinski definition) is 4. The lowest BCUT2D eigenvalue weighted by atomic mass is 9.93. The predicted octanol–water partition coefficient (Wildman–Crippen LogP) is 3.38. The Bertz CT molecular complexity index is 573. The monoisotopic (exact) mass is 330 g/mol. The smallest absolute Gasteiger partial charge is 0.317 e. The number of esters is 2. The maximum Gasteiger partial charge on any atom is 0.317 e. The van der Waals surface area contributed by atoms with Crippen LogP contribution in [0.1, 0.15) is 25.8 Å². The van der Waals surface area contributed by atoms with Gasteiger partial charge in [-0.05, 0) is 38.0 Å². The highest BCUT2D eigenvalue weighted by atomic mass is 35.5. The fraction of sp³-hybridized carbons (Fsp3) is 0.467. The average Bonchev–Trinajstić information content (AvgIpc) is 3.19. The molecule has 0 radical (unpaired) electrons. The van der Waals surface area contributed by atoms with Gasteiger partial charge in [0.05, 0.1) is 29.2 Å². The van der Waals surface area contributed by atoms with Crippen LogP contribution in [0.15, 0.2) is 18.2 Å². The summed E-state index contributed by atoms with van der Waals surface area (Å²) in [5.74, 6) is -1.35. The quantitative estimate of drug-likeness (QED) is 0.776. The number of rotatable bonds is 5. The Kier molecular flexibility index (Phi) is 4.79. The highest BCUT2D eigenvalue weighted by Gasteiger charge is 2.66. The van der Waals surface area contributed by atoms with Crippen molar-refractivity contribution >= 4 is 35.1 Å². The van der Waals surface area contributed by atoms with Crippen molar-refractivity contribution in [3.63, 3.8) is 0 Å². The van der Waals surface area contributed by atoms with Gasteiger partial charge in [-0.25, -0.2) is 0 Å². The Balaban J connectivity index is 2.37. The minimum absolute atomic E-state index is 0.247. The zero-order chi connectivity index (χ0) is 15.6. The third-order valence-corrected chi connectivity index (χ3v) is 4.35. The van der Waals surface area contributed by atoms with E-state index in [4.69, 9.17) is 32.7 Å². The topological polar surface area (TPSA) is 52.6 Å². The Morgan fingerprint density at radius 3 is 2.43 bits per heavy atom. The van der Waals surface area contributed by atoms with Gasteiger partial charge in [0.15, 0.2) is 0 Å². The molecule has 1 aromatic rings. The van der Waals surface area contributed by atoms with E-state index in [1.807, 2.05) is 0 Å². The highest BCUT2D eigenvalue weighted by molar-refractivity contribution is 6.42. The first-order chi connectivity index (χ1) is 9.97. The van der Waals surface area contributed by atoms with Gasteiger partial charge in [0.25, 0.3) is 0 Å². The first-order valence-electron chi connectivity index (χ1n) is 6.76. The third-order valence-electron chi connectivity index (χ3n) is 3.61. The molecule has 1 aliphatic rings. The van der Waals surface area contributed by atoms with Crippen molar-refractivity contribution in [3.8, 4) is 0 Å². The van der Waals surface area contributed by atoms with Crippen LogP contribution in [0.5, 0.6) is 0 Å². The van der Waals surface area contributed by atoms with Crippen molar-refractivity contribution in [3.05, 3.63) is 33.8 Å². The first-order valence-corrected chi connectivity index (χ1v) is 7.52. The maximum atomic E-state index is 12.3. The van der Waals surface area contributed by atoms with Crippen LogP contribution in [0, 0.1) is 5.92 Å². The molecule has 6 heteroatoms. The summed E-state index contributed by atoms with van der Waals surface area (Å²) in [7, 11) is 0. The van der Waals surface area contributed by atoms with E-state index in [1.165, 1.54) is 0 Å². The predicted molar refractivity (Wildman–Crippen MR) is 79.5 cm³/mol. The molecular weight excluding hydrogens is 315 g/mol. The van der Waals surface area contributed by atoms with Crippen molar-refractivity contribution < 1.29 is 19.1 Å². The van der Waals surface area contributed by atoms with E-state index in [1.54, 1.807) is 32.0 Å². The zero-order valence-electron chi connectivity index (χ0n) is 11.8.